The molecule has 324 valence electrons. The quantitative estimate of drug-likeness (QED) is 0.0478. The fraction of sp³-hybridized carbons (Fsp3) is 0.889. The predicted octanol–water partition coefficient (Wildman–Crippen LogP) is -0.934. The Bertz CT molecular complexity index is 1250. The van der Waals surface area contributed by atoms with Gasteiger partial charge in [-0.15, -0.1) is 5.10 Å². The Labute approximate surface area is 332 Å². The molecule has 0 spiro atoms. The van der Waals surface area contributed by atoms with Crippen LogP contribution in [0.15, 0.2) is 6.20 Å². The van der Waals surface area contributed by atoms with Gasteiger partial charge in [-0.25, -0.2) is 4.68 Å². The zero-order valence-electron chi connectivity index (χ0n) is 32.3. The molecule has 1 aromatic rings. The van der Waals surface area contributed by atoms with Crippen LogP contribution in [0.3, 0.4) is 0 Å². The molecule has 2 saturated heterocycles. The van der Waals surface area contributed by atoms with E-state index < -0.39 is 99.2 Å². The zero-order valence-corrected chi connectivity index (χ0v) is 33.1. The molecule has 20 heteroatoms. The van der Waals surface area contributed by atoms with Crippen molar-refractivity contribution in [1.29, 1.82) is 0 Å². The summed E-state index contributed by atoms with van der Waals surface area (Å²) < 4.78 is 17.7. The number of amides is 2. The third-order valence-corrected chi connectivity index (χ3v) is 11.2. The highest BCUT2D eigenvalue weighted by atomic mass is 32.2. The molecule has 11 N–H and O–H groups in total. The topological polar surface area (TPSA) is 299 Å². The Kier molecular flexibility index (Phi) is 22.5. The number of aromatic nitrogens is 3. The Morgan fingerprint density at radius 2 is 1.41 bits per heavy atom. The van der Waals surface area contributed by atoms with Crippen LogP contribution in [0.25, 0.3) is 0 Å². The van der Waals surface area contributed by atoms with Crippen LogP contribution in [0, 0.1) is 0 Å². The van der Waals surface area contributed by atoms with Crippen LogP contribution in [0.5, 0.6) is 0 Å². The first kappa shape index (κ1) is 48.3. The molecule has 3 rings (SSSR count). The first-order valence-electron chi connectivity index (χ1n) is 19.9. The number of ether oxygens (including phenoxy) is 3. The van der Waals surface area contributed by atoms with Crippen LogP contribution in [-0.4, -0.2) is 171 Å². The van der Waals surface area contributed by atoms with Gasteiger partial charge in [-0.05, 0) is 6.42 Å². The smallest absolute Gasteiger partial charge is 0.249 e. The van der Waals surface area contributed by atoms with E-state index in [1.807, 2.05) is 0 Å². The monoisotopic (exact) mass is 823 g/mol. The van der Waals surface area contributed by atoms with Crippen LogP contribution in [0.1, 0.15) is 103 Å². The second kappa shape index (κ2) is 26.1. The van der Waals surface area contributed by atoms with Crippen molar-refractivity contribution in [2.24, 2.45) is 0 Å². The van der Waals surface area contributed by atoms with Gasteiger partial charge in [-0.2, -0.15) is 11.8 Å². The normalized spacial score (nSPS) is 29.2. The molecular formula is C36H65N5O14S. The summed E-state index contributed by atoms with van der Waals surface area (Å²) in [5.41, 5.74) is 0. The van der Waals surface area contributed by atoms with Crippen LogP contribution >= 0.6 is 11.8 Å². The molecule has 12 atom stereocenters. The van der Waals surface area contributed by atoms with Crippen molar-refractivity contribution in [3.8, 4) is 0 Å². The van der Waals surface area contributed by atoms with Gasteiger partial charge in [0.15, 0.2) is 18.3 Å². The van der Waals surface area contributed by atoms with E-state index in [4.69, 9.17) is 14.2 Å². The second-order valence-electron chi connectivity index (χ2n) is 14.6. The van der Waals surface area contributed by atoms with Gasteiger partial charge in [0, 0.05) is 17.9 Å². The molecule has 0 aromatic carbocycles. The van der Waals surface area contributed by atoms with E-state index in [9.17, 15) is 55.5 Å². The third-order valence-electron chi connectivity index (χ3n) is 9.97. The van der Waals surface area contributed by atoms with Gasteiger partial charge in [-0.3, -0.25) is 9.59 Å². The molecule has 1 aromatic heterocycles. The molecule has 3 heterocycles. The van der Waals surface area contributed by atoms with Gasteiger partial charge in [0.05, 0.1) is 32.1 Å². The highest BCUT2D eigenvalue weighted by molar-refractivity contribution is 7.99. The molecule has 2 aliphatic heterocycles. The number of nitrogens with one attached hydrogen (secondary N) is 2. The van der Waals surface area contributed by atoms with Crippen molar-refractivity contribution in [2.75, 3.05) is 36.6 Å². The SMILES string of the molecule is CCCCCCCCCCCCCCCC(=O)NC(CSCC(O)CO)C(=O)Nc1cn([C@@H]2OC(CO)C(OC3OC(CO)C(O)C(O)C3O)C(O)C2O)nn1. The van der Waals surface area contributed by atoms with Crippen molar-refractivity contribution >= 4 is 29.4 Å². The number of nitrogens with zero attached hydrogens (tertiary/aromatic N) is 3. The van der Waals surface area contributed by atoms with Gasteiger partial charge in [-0.1, -0.05) is 89.2 Å². The van der Waals surface area contributed by atoms with Crippen molar-refractivity contribution in [3.63, 3.8) is 0 Å². The number of anilines is 1. The number of rotatable bonds is 27. The maximum Gasteiger partial charge on any atom is 0.249 e. The second-order valence-corrected chi connectivity index (χ2v) is 15.7. The lowest BCUT2D eigenvalue weighted by Gasteiger charge is -2.45. The summed E-state index contributed by atoms with van der Waals surface area (Å²) in [5, 5.41) is 104. The van der Waals surface area contributed by atoms with Crippen LogP contribution < -0.4 is 10.6 Å². The van der Waals surface area contributed by atoms with Crippen molar-refractivity contribution in [1.82, 2.24) is 20.3 Å². The Morgan fingerprint density at radius 3 is 2.00 bits per heavy atom. The van der Waals surface area contributed by atoms with Crippen LogP contribution in [0.2, 0.25) is 0 Å². The fourth-order valence-electron chi connectivity index (χ4n) is 6.59. The maximum atomic E-state index is 13.3. The summed E-state index contributed by atoms with van der Waals surface area (Å²) in [4.78, 5) is 26.2. The fourth-order valence-corrected chi connectivity index (χ4v) is 7.57. The van der Waals surface area contributed by atoms with E-state index in [2.05, 4.69) is 27.9 Å². The van der Waals surface area contributed by atoms with Gasteiger partial charge in [0.1, 0.15) is 54.9 Å². The number of thioether (sulfide) groups is 1. The van der Waals surface area contributed by atoms with E-state index in [0.717, 1.165) is 35.7 Å². The summed E-state index contributed by atoms with van der Waals surface area (Å²) in [5.74, 6) is -0.864. The highest BCUT2D eigenvalue weighted by Crippen LogP contribution is 2.33. The molecule has 2 amide bonds. The minimum Gasteiger partial charge on any atom is -0.394 e. The zero-order chi connectivity index (χ0) is 41.0. The van der Waals surface area contributed by atoms with Crippen LogP contribution in [-0.2, 0) is 23.8 Å². The largest absolute Gasteiger partial charge is 0.394 e. The molecule has 0 bridgehead atoms. The van der Waals surface area contributed by atoms with Gasteiger partial charge < -0.3 is 70.8 Å². The molecule has 19 nitrogen and oxygen atoms in total. The molecule has 0 saturated carbocycles. The number of aliphatic hydroxyl groups excluding tert-OH is 9. The predicted molar refractivity (Wildman–Crippen MR) is 203 cm³/mol. The molecule has 11 unspecified atom stereocenters. The maximum absolute atomic E-state index is 13.3. The number of hydrogen-bond donors (Lipinski definition) is 11. The lowest BCUT2D eigenvalue weighted by Crippen LogP contribution is -2.63. The van der Waals surface area contributed by atoms with Crippen molar-refractivity contribution in [3.05, 3.63) is 6.20 Å². The Hall–Kier alpha value is -2.05. The van der Waals surface area contributed by atoms with E-state index in [-0.39, 0.29) is 29.7 Å². The Balaban J connectivity index is 1.51. The third kappa shape index (κ3) is 15.3. The molecule has 0 radical (unpaired) electrons. The lowest BCUT2D eigenvalue weighted by atomic mass is 9.96. The number of unbranched alkanes of at least 4 members (excludes halogenated alkanes) is 12. The Morgan fingerprint density at radius 1 is 0.804 bits per heavy atom. The summed E-state index contributed by atoms with van der Waals surface area (Å²) in [6, 6.07) is -1.04. The van der Waals surface area contributed by atoms with Crippen molar-refractivity contribution < 1.29 is 69.8 Å². The summed E-state index contributed by atoms with van der Waals surface area (Å²) in [7, 11) is 0. The van der Waals surface area contributed by atoms with E-state index >= 15 is 0 Å². The van der Waals surface area contributed by atoms with Gasteiger partial charge in [0.2, 0.25) is 11.8 Å². The molecule has 56 heavy (non-hydrogen) atoms. The minimum atomic E-state index is -1.82. The van der Waals surface area contributed by atoms with E-state index in [1.165, 1.54) is 64.0 Å². The summed E-state index contributed by atoms with van der Waals surface area (Å²) >= 11 is 1.16. The summed E-state index contributed by atoms with van der Waals surface area (Å²) in [6.45, 7) is 0.273. The van der Waals surface area contributed by atoms with Gasteiger partial charge in [0.25, 0.3) is 0 Å². The van der Waals surface area contributed by atoms with Gasteiger partial charge >= 0.3 is 0 Å². The lowest BCUT2D eigenvalue weighted by molar-refractivity contribution is -0.347. The summed E-state index contributed by atoms with van der Waals surface area (Å²) in [6.07, 6.45) is -0.535. The standard InChI is InChI=1S/C36H65N5O14S/c1-2-3-4-5-6-7-8-9-10-11-12-13-14-15-27(46)37-23(21-56-20-22(45)17-42)34(52)38-26-16-41(40-39-26)35-31(50)30(49)33(25(19-44)53-35)55-36-32(51)29(48)28(47)24(18-43)54-36/h16,22-25,28-33,35-36,42-45,47-51H,2-15,17-21H2,1H3,(H,37,46)(H,38,52)/t22?,23?,24?,25?,28?,29?,30?,31?,32?,33?,35-,36?/m1/s1. The molecular weight excluding hydrogens is 758 g/mol. The molecule has 2 aliphatic rings. The number of carbonyl (C=O) groups is 2. The van der Waals surface area contributed by atoms with E-state index in [0.29, 0.717) is 6.42 Å². The molecule has 2 fully saturated rings. The van der Waals surface area contributed by atoms with Crippen molar-refractivity contribution in [2.45, 2.75) is 170 Å². The first-order valence-corrected chi connectivity index (χ1v) is 21.1. The minimum absolute atomic E-state index is 0.0754. The average molecular weight is 824 g/mol. The number of aliphatic hydroxyl groups is 9. The highest BCUT2D eigenvalue weighted by Gasteiger charge is 2.51. The average Bonchev–Trinajstić information content (AvgIpc) is 3.65. The number of hydrogen-bond acceptors (Lipinski definition) is 17. The van der Waals surface area contributed by atoms with E-state index in [1.54, 1.807) is 0 Å². The molecule has 0 aliphatic carbocycles. The first-order chi connectivity index (χ1) is 26.9. The number of carbonyl (C=O) groups excluding carboxylic acids is 2. The van der Waals surface area contributed by atoms with Crippen LogP contribution in [0.4, 0.5) is 5.82 Å².